The Morgan fingerprint density at radius 1 is 1.19 bits per heavy atom. The standard InChI is InChI=1S/C16H32N2O2S/c1-15(2,3)20-10-14(19)18-9-7-16(12-18)6-8-17(11-16)13-21(4)5/h21H,6-13H2,1-5H3. The molecule has 1 spiro atoms. The first kappa shape index (κ1) is 17.1. The van der Waals surface area contributed by atoms with Crippen LogP contribution in [-0.2, 0) is 9.53 Å². The highest BCUT2D eigenvalue weighted by Gasteiger charge is 2.44. The summed E-state index contributed by atoms with van der Waals surface area (Å²) < 4.78 is 5.63. The SMILES string of the molecule is C[SH](C)CN1CCC2(CCN(C(=O)COC(C)(C)C)C2)C1. The van der Waals surface area contributed by atoms with Crippen molar-refractivity contribution in [3.05, 3.63) is 0 Å². The maximum absolute atomic E-state index is 12.3. The van der Waals surface area contributed by atoms with E-state index in [2.05, 4.69) is 17.4 Å². The van der Waals surface area contributed by atoms with Gasteiger partial charge in [0.15, 0.2) is 0 Å². The lowest BCUT2D eigenvalue weighted by Gasteiger charge is -2.26. The average Bonchev–Trinajstić information content (AvgIpc) is 2.93. The van der Waals surface area contributed by atoms with E-state index in [1.807, 2.05) is 25.7 Å². The van der Waals surface area contributed by atoms with Crippen molar-refractivity contribution in [2.45, 2.75) is 39.2 Å². The molecule has 2 aliphatic rings. The van der Waals surface area contributed by atoms with Gasteiger partial charge in [0.25, 0.3) is 0 Å². The fraction of sp³-hybridized carbons (Fsp3) is 0.938. The number of hydrogen-bond donors (Lipinski definition) is 1. The number of rotatable bonds is 4. The minimum absolute atomic E-state index is 0.141. The predicted octanol–water partition coefficient (Wildman–Crippen LogP) is 1.94. The maximum atomic E-state index is 12.3. The number of nitrogens with zero attached hydrogens (tertiary/aromatic N) is 2. The molecule has 1 amide bonds. The molecule has 0 radical (unpaired) electrons. The molecule has 0 N–H and O–H groups in total. The van der Waals surface area contributed by atoms with Gasteiger partial charge in [-0.2, -0.15) is 0 Å². The number of amides is 1. The van der Waals surface area contributed by atoms with Crippen LogP contribution in [0, 0.1) is 5.41 Å². The van der Waals surface area contributed by atoms with Crippen molar-refractivity contribution in [1.82, 2.24) is 9.80 Å². The summed E-state index contributed by atoms with van der Waals surface area (Å²) in [7, 11) is 0.141. The van der Waals surface area contributed by atoms with Gasteiger partial charge in [0, 0.05) is 30.9 Å². The summed E-state index contributed by atoms with van der Waals surface area (Å²) >= 11 is 0. The Balaban J connectivity index is 1.82. The molecule has 0 aromatic heterocycles. The van der Waals surface area contributed by atoms with E-state index in [-0.39, 0.29) is 29.0 Å². The van der Waals surface area contributed by atoms with Crippen LogP contribution in [0.15, 0.2) is 0 Å². The molecule has 0 bridgehead atoms. The van der Waals surface area contributed by atoms with Crippen LogP contribution in [0.5, 0.6) is 0 Å². The number of likely N-dealkylation sites (tertiary alicyclic amines) is 2. The third-order valence-corrected chi connectivity index (χ3v) is 5.39. The monoisotopic (exact) mass is 316 g/mol. The molecule has 2 rings (SSSR count). The first-order chi connectivity index (χ1) is 9.69. The molecule has 1 unspecified atom stereocenters. The smallest absolute Gasteiger partial charge is 0.248 e. The van der Waals surface area contributed by atoms with Crippen molar-refractivity contribution in [3.63, 3.8) is 0 Å². The topological polar surface area (TPSA) is 32.8 Å². The largest absolute Gasteiger partial charge is 0.366 e. The molecule has 5 heteroatoms. The molecular formula is C16H32N2O2S. The lowest BCUT2D eigenvalue weighted by atomic mass is 9.86. The Labute approximate surface area is 132 Å². The Hall–Kier alpha value is -0.260. The fourth-order valence-electron chi connectivity index (χ4n) is 3.40. The molecule has 21 heavy (non-hydrogen) atoms. The van der Waals surface area contributed by atoms with Crippen LogP contribution in [0.3, 0.4) is 0 Å². The maximum Gasteiger partial charge on any atom is 0.248 e. The van der Waals surface area contributed by atoms with Crippen LogP contribution in [0.2, 0.25) is 0 Å². The van der Waals surface area contributed by atoms with Gasteiger partial charge < -0.3 is 9.64 Å². The second kappa shape index (κ2) is 6.47. The van der Waals surface area contributed by atoms with Crippen molar-refractivity contribution in [1.29, 1.82) is 0 Å². The third kappa shape index (κ3) is 4.86. The Kier molecular flexibility index (Phi) is 5.27. The van der Waals surface area contributed by atoms with E-state index in [9.17, 15) is 4.79 Å². The fourth-order valence-corrected chi connectivity index (χ4v) is 4.44. The summed E-state index contributed by atoms with van der Waals surface area (Å²) in [6.07, 6.45) is 7.10. The minimum Gasteiger partial charge on any atom is -0.366 e. The van der Waals surface area contributed by atoms with Gasteiger partial charge in [0.05, 0.1) is 5.60 Å². The van der Waals surface area contributed by atoms with Crippen molar-refractivity contribution in [2.24, 2.45) is 5.41 Å². The summed E-state index contributed by atoms with van der Waals surface area (Å²) in [5.41, 5.74) is 0.124. The lowest BCUT2D eigenvalue weighted by molar-refractivity contribution is -0.140. The zero-order chi connectivity index (χ0) is 15.7. The summed E-state index contributed by atoms with van der Waals surface area (Å²) in [5.74, 6) is 1.41. The predicted molar refractivity (Wildman–Crippen MR) is 91.2 cm³/mol. The van der Waals surface area contributed by atoms with Crippen LogP contribution < -0.4 is 0 Å². The van der Waals surface area contributed by atoms with Gasteiger partial charge in [-0.1, -0.05) is 0 Å². The first-order valence-corrected chi connectivity index (χ1v) is 10.4. The normalized spacial score (nSPS) is 27.7. The first-order valence-electron chi connectivity index (χ1n) is 7.98. The molecule has 2 heterocycles. The van der Waals surface area contributed by atoms with Crippen LogP contribution in [0.4, 0.5) is 0 Å². The van der Waals surface area contributed by atoms with E-state index in [1.165, 1.54) is 25.4 Å². The molecule has 0 saturated carbocycles. The summed E-state index contributed by atoms with van der Waals surface area (Å²) in [4.78, 5) is 16.9. The quantitative estimate of drug-likeness (QED) is 0.805. The average molecular weight is 317 g/mol. The van der Waals surface area contributed by atoms with E-state index in [1.54, 1.807) is 0 Å². The van der Waals surface area contributed by atoms with Gasteiger partial charge in [0.1, 0.15) is 6.61 Å². The van der Waals surface area contributed by atoms with Crippen LogP contribution in [0.1, 0.15) is 33.6 Å². The molecule has 2 saturated heterocycles. The molecule has 0 aromatic rings. The Bertz CT molecular complexity index is 381. The zero-order valence-corrected chi connectivity index (χ0v) is 15.2. The van der Waals surface area contributed by atoms with Crippen LogP contribution in [0.25, 0.3) is 0 Å². The van der Waals surface area contributed by atoms with E-state index in [0.29, 0.717) is 5.41 Å². The molecule has 2 aliphatic heterocycles. The molecule has 4 nitrogen and oxygen atoms in total. The van der Waals surface area contributed by atoms with Crippen molar-refractivity contribution >= 4 is 16.8 Å². The van der Waals surface area contributed by atoms with E-state index in [0.717, 1.165) is 19.5 Å². The number of ether oxygens (including phenoxy) is 1. The third-order valence-electron chi connectivity index (χ3n) is 4.42. The van der Waals surface area contributed by atoms with Gasteiger partial charge in [0.2, 0.25) is 5.91 Å². The molecule has 1 atom stereocenters. The van der Waals surface area contributed by atoms with Gasteiger partial charge in [-0.25, -0.2) is 10.9 Å². The highest BCUT2D eigenvalue weighted by atomic mass is 32.2. The zero-order valence-electron chi connectivity index (χ0n) is 14.3. The van der Waals surface area contributed by atoms with Crippen molar-refractivity contribution < 1.29 is 9.53 Å². The molecule has 0 aliphatic carbocycles. The van der Waals surface area contributed by atoms with E-state index in [4.69, 9.17) is 4.74 Å². The van der Waals surface area contributed by atoms with E-state index >= 15 is 0 Å². The second-order valence-corrected chi connectivity index (χ2v) is 10.4. The Morgan fingerprint density at radius 2 is 1.86 bits per heavy atom. The summed E-state index contributed by atoms with van der Waals surface area (Å²) in [5, 5.41) is 0. The number of carbonyl (C=O) groups is 1. The van der Waals surface area contributed by atoms with E-state index < -0.39 is 0 Å². The van der Waals surface area contributed by atoms with Crippen molar-refractivity contribution in [3.8, 4) is 0 Å². The van der Waals surface area contributed by atoms with Crippen LogP contribution in [-0.4, -0.2) is 72.5 Å². The lowest BCUT2D eigenvalue weighted by Crippen LogP contribution is -2.37. The van der Waals surface area contributed by atoms with Crippen LogP contribution >= 0.6 is 10.9 Å². The highest BCUT2D eigenvalue weighted by Crippen LogP contribution is 2.40. The highest BCUT2D eigenvalue weighted by molar-refractivity contribution is 8.15. The van der Waals surface area contributed by atoms with Gasteiger partial charge >= 0.3 is 0 Å². The Morgan fingerprint density at radius 3 is 2.48 bits per heavy atom. The summed E-state index contributed by atoms with van der Waals surface area (Å²) in [6.45, 7) is 10.4. The van der Waals surface area contributed by atoms with Crippen molar-refractivity contribution in [2.75, 3.05) is 51.2 Å². The molecule has 124 valence electrons. The summed E-state index contributed by atoms with van der Waals surface area (Å²) in [6, 6.07) is 0. The second-order valence-electron chi connectivity index (χ2n) is 7.99. The van der Waals surface area contributed by atoms with Gasteiger partial charge in [-0.05, 0) is 52.7 Å². The minimum atomic E-state index is -0.239. The number of hydrogen-bond acceptors (Lipinski definition) is 3. The number of thiol groups is 1. The molecular weight excluding hydrogens is 284 g/mol. The molecule has 2 fully saturated rings. The number of carbonyl (C=O) groups excluding carboxylic acids is 1. The molecule has 0 aromatic carbocycles. The van der Waals surface area contributed by atoms with Gasteiger partial charge in [-0.3, -0.25) is 9.69 Å². The van der Waals surface area contributed by atoms with Gasteiger partial charge in [-0.15, -0.1) is 0 Å².